The molecule has 1 aliphatic heterocycles. The molecule has 0 unspecified atom stereocenters. The molecule has 1 fully saturated rings. The predicted molar refractivity (Wildman–Crippen MR) is 77.1 cm³/mol. The summed E-state index contributed by atoms with van der Waals surface area (Å²) < 4.78 is 10.5. The Morgan fingerprint density at radius 2 is 2.10 bits per heavy atom. The summed E-state index contributed by atoms with van der Waals surface area (Å²) in [6.45, 7) is 2.67. The van der Waals surface area contributed by atoms with Gasteiger partial charge in [-0.2, -0.15) is 0 Å². The molecule has 1 aromatic heterocycles. The third kappa shape index (κ3) is 2.31. The van der Waals surface area contributed by atoms with Crippen LogP contribution in [0.3, 0.4) is 0 Å². The van der Waals surface area contributed by atoms with Crippen molar-refractivity contribution in [1.82, 2.24) is 5.16 Å². The van der Waals surface area contributed by atoms with Gasteiger partial charge in [-0.3, -0.25) is 0 Å². The molecule has 7 heteroatoms. The van der Waals surface area contributed by atoms with E-state index in [9.17, 15) is 9.90 Å². The van der Waals surface area contributed by atoms with Crippen LogP contribution in [0.1, 0.15) is 23.0 Å². The van der Waals surface area contributed by atoms with Crippen LogP contribution in [-0.4, -0.2) is 29.4 Å². The maximum Gasteiger partial charge on any atom is 0.341 e. The van der Waals surface area contributed by atoms with Crippen LogP contribution in [0.2, 0.25) is 10.0 Å². The van der Waals surface area contributed by atoms with Gasteiger partial charge in [0.05, 0.1) is 23.7 Å². The molecule has 2 heterocycles. The zero-order valence-electron chi connectivity index (χ0n) is 11.0. The number of carboxylic acid groups (broad SMARTS) is 1. The first kappa shape index (κ1) is 14.4. The number of benzene rings is 1. The normalized spacial score (nSPS) is 16.5. The third-order valence-corrected chi connectivity index (χ3v) is 4.03. The Morgan fingerprint density at radius 3 is 2.62 bits per heavy atom. The van der Waals surface area contributed by atoms with Crippen molar-refractivity contribution in [3.05, 3.63) is 39.6 Å². The maximum absolute atomic E-state index is 11.6. The summed E-state index contributed by atoms with van der Waals surface area (Å²) in [5.74, 6) is -0.803. The van der Waals surface area contributed by atoms with E-state index in [1.54, 1.807) is 12.1 Å². The van der Waals surface area contributed by atoms with Crippen LogP contribution in [-0.2, 0) is 10.2 Å². The van der Waals surface area contributed by atoms with E-state index >= 15 is 0 Å². The maximum atomic E-state index is 11.6. The van der Waals surface area contributed by atoms with Crippen LogP contribution in [0.4, 0.5) is 0 Å². The average Bonchev–Trinajstić information content (AvgIpc) is 2.81. The first-order chi connectivity index (χ1) is 9.92. The highest BCUT2D eigenvalue weighted by Crippen LogP contribution is 2.39. The van der Waals surface area contributed by atoms with Crippen molar-refractivity contribution in [3.63, 3.8) is 0 Å². The Kier molecular flexibility index (Phi) is 3.43. The van der Waals surface area contributed by atoms with E-state index in [2.05, 4.69) is 5.16 Å². The largest absolute Gasteiger partial charge is 0.477 e. The van der Waals surface area contributed by atoms with Gasteiger partial charge in [-0.15, -0.1) is 0 Å². The van der Waals surface area contributed by atoms with Crippen LogP contribution >= 0.6 is 23.2 Å². The zero-order valence-corrected chi connectivity index (χ0v) is 12.5. The lowest BCUT2D eigenvalue weighted by atomic mass is 9.83. The Bertz CT molecular complexity index is 722. The van der Waals surface area contributed by atoms with Gasteiger partial charge in [-0.05, 0) is 25.1 Å². The molecule has 3 rings (SSSR count). The van der Waals surface area contributed by atoms with E-state index in [1.807, 2.05) is 6.92 Å². The highest BCUT2D eigenvalue weighted by Gasteiger charge is 2.44. The Labute approximate surface area is 130 Å². The van der Waals surface area contributed by atoms with Crippen LogP contribution in [0.25, 0.3) is 11.3 Å². The molecule has 5 nitrogen and oxygen atoms in total. The van der Waals surface area contributed by atoms with E-state index in [0.29, 0.717) is 34.6 Å². The molecule has 110 valence electrons. The summed E-state index contributed by atoms with van der Waals surface area (Å²) in [7, 11) is 0. The summed E-state index contributed by atoms with van der Waals surface area (Å²) >= 11 is 12.0. The van der Waals surface area contributed by atoms with E-state index in [4.69, 9.17) is 32.5 Å². The van der Waals surface area contributed by atoms with E-state index in [0.717, 1.165) is 0 Å². The quantitative estimate of drug-likeness (QED) is 0.931. The molecular formula is C14H11Cl2NO4. The van der Waals surface area contributed by atoms with Gasteiger partial charge in [-0.1, -0.05) is 28.4 Å². The van der Waals surface area contributed by atoms with E-state index in [1.165, 1.54) is 6.07 Å². The van der Waals surface area contributed by atoms with Gasteiger partial charge in [0.25, 0.3) is 0 Å². The minimum absolute atomic E-state index is 0.0185. The molecule has 0 spiro atoms. The topological polar surface area (TPSA) is 72.6 Å². The first-order valence-corrected chi connectivity index (χ1v) is 6.94. The number of hydrogen-bond donors (Lipinski definition) is 1. The predicted octanol–water partition coefficient (Wildman–Crippen LogP) is 3.63. The molecular weight excluding hydrogens is 317 g/mol. The van der Waals surface area contributed by atoms with Crippen LogP contribution in [0.15, 0.2) is 22.7 Å². The molecule has 2 aromatic rings. The third-order valence-electron chi connectivity index (χ3n) is 3.48. The number of carbonyl (C=O) groups is 1. The smallest absolute Gasteiger partial charge is 0.341 e. The fraction of sp³-hybridized carbons (Fsp3) is 0.286. The van der Waals surface area contributed by atoms with Crippen molar-refractivity contribution in [2.24, 2.45) is 0 Å². The number of halogens is 2. The second-order valence-electron chi connectivity index (χ2n) is 5.22. The van der Waals surface area contributed by atoms with Crippen LogP contribution in [0, 0.1) is 0 Å². The molecule has 0 radical (unpaired) electrons. The van der Waals surface area contributed by atoms with Crippen molar-refractivity contribution >= 4 is 29.2 Å². The van der Waals surface area contributed by atoms with Crippen LogP contribution < -0.4 is 0 Å². The van der Waals surface area contributed by atoms with Gasteiger partial charge in [0.2, 0.25) is 0 Å². The minimum Gasteiger partial charge on any atom is -0.477 e. The van der Waals surface area contributed by atoms with Gasteiger partial charge < -0.3 is 14.4 Å². The lowest BCUT2D eigenvalue weighted by Crippen LogP contribution is -2.44. The second kappa shape index (κ2) is 5.02. The van der Waals surface area contributed by atoms with Gasteiger partial charge in [0.1, 0.15) is 11.3 Å². The summed E-state index contributed by atoms with van der Waals surface area (Å²) in [4.78, 5) is 11.6. The minimum atomic E-state index is -1.11. The Balaban J connectivity index is 2.17. The average molecular weight is 328 g/mol. The number of carboxylic acids is 1. The number of rotatable bonds is 3. The summed E-state index contributed by atoms with van der Waals surface area (Å²) in [5, 5.41) is 14.2. The molecule has 1 aliphatic rings. The van der Waals surface area contributed by atoms with Crippen molar-refractivity contribution < 1.29 is 19.2 Å². The van der Waals surface area contributed by atoms with E-state index in [-0.39, 0.29) is 11.3 Å². The summed E-state index contributed by atoms with van der Waals surface area (Å²) in [5.41, 5.74) is 0.215. The summed E-state index contributed by atoms with van der Waals surface area (Å²) in [6, 6.07) is 4.78. The van der Waals surface area contributed by atoms with Gasteiger partial charge in [0, 0.05) is 10.6 Å². The molecule has 0 aliphatic carbocycles. The fourth-order valence-electron chi connectivity index (χ4n) is 2.31. The highest BCUT2D eigenvalue weighted by atomic mass is 35.5. The summed E-state index contributed by atoms with van der Waals surface area (Å²) in [6.07, 6.45) is 0. The highest BCUT2D eigenvalue weighted by molar-refractivity contribution is 6.36. The Hall–Kier alpha value is -1.56. The number of ether oxygens (including phenoxy) is 1. The lowest BCUT2D eigenvalue weighted by Gasteiger charge is -2.35. The van der Waals surface area contributed by atoms with Crippen molar-refractivity contribution in [2.45, 2.75) is 12.3 Å². The number of hydrogen-bond acceptors (Lipinski definition) is 4. The molecule has 0 atom stereocenters. The number of nitrogens with zero attached hydrogens (tertiary/aromatic N) is 1. The number of aromatic nitrogens is 1. The SMILES string of the molecule is CC1(c2onc(-c3ccc(Cl)cc3Cl)c2C(=O)O)COC1. The zero-order chi connectivity index (χ0) is 15.2. The molecule has 0 amide bonds. The molecule has 1 N–H and O–H groups in total. The molecule has 21 heavy (non-hydrogen) atoms. The van der Waals surface area contributed by atoms with Gasteiger partial charge in [0.15, 0.2) is 5.76 Å². The second-order valence-corrected chi connectivity index (χ2v) is 6.06. The van der Waals surface area contributed by atoms with Crippen molar-refractivity contribution in [3.8, 4) is 11.3 Å². The lowest BCUT2D eigenvalue weighted by molar-refractivity contribution is -0.0623. The number of aromatic carboxylic acids is 1. The first-order valence-electron chi connectivity index (χ1n) is 6.19. The standard InChI is InChI=1S/C14H11Cl2NO4/c1-14(5-20-6-14)12-10(13(18)19)11(17-21-12)8-3-2-7(15)4-9(8)16/h2-4H,5-6H2,1H3,(H,18,19). The monoisotopic (exact) mass is 327 g/mol. The molecule has 0 saturated carbocycles. The fourth-order valence-corrected chi connectivity index (χ4v) is 2.80. The molecule has 1 saturated heterocycles. The van der Waals surface area contributed by atoms with E-state index < -0.39 is 11.4 Å². The van der Waals surface area contributed by atoms with Gasteiger partial charge in [-0.25, -0.2) is 4.79 Å². The molecule has 0 bridgehead atoms. The van der Waals surface area contributed by atoms with Crippen molar-refractivity contribution in [2.75, 3.05) is 13.2 Å². The van der Waals surface area contributed by atoms with Crippen LogP contribution in [0.5, 0.6) is 0 Å². The Morgan fingerprint density at radius 1 is 1.38 bits per heavy atom. The van der Waals surface area contributed by atoms with Crippen molar-refractivity contribution in [1.29, 1.82) is 0 Å². The van der Waals surface area contributed by atoms with Gasteiger partial charge >= 0.3 is 5.97 Å². The molecule has 1 aromatic carbocycles.